The third kappa shape index (κ3) is 2.97. The van der Waals surface area contributed by atoms with E-state index in [0.29, 0.717) is 23.4 Å². The van der Waals surface area contributed by atoms with Crippen LogP contribution in [0.1, 0.15) is 36.5 Å². The van der Waals surface area contributed by atoms with Crippen LogP contribution in [-0.4, -0.2) is 20.4 Å². The molecule has 0 unspecified atom stereocenters. The van der Waals surface area contributed by atoms with Crippen LogP contribution in [0.2, 0.25) is 0 Å². The Balaban J connectivity index is 1.79. The number of hydrogen-bond donors (Lipinski definition) is 2. The van der Waals surface area contributed by atoms with Gasteiger partial charge in [-0.3, -0.25) is 9.36 Å². The second kappa shape index (κ2) is 6.87. The van der Waals surface area contributed by atoms with E-state index >= 15 is 0 Å². The van der Waals surface area contributed by atoms with Gasteiger partial charge >= 0.3 is 0 Å². The van der Waals surface area contributed by atoms with Gasteiger partial charge in [-0.2, -0.15) is 5.10 Å². The molecule has 6 heteroatoms. The summed E-state index contributed by atoms with van der Waals surface area (Å²) in [6.45, 7) is 4.44. The number of phenolic OH excluding ortho intramolecular Hbond substituents is 1. The monoisotopic (exact) mass is 362 g/mol. The molecule has 138 valence electrons. The second-order valence-electron chi connectivity index (χ2n) is 6.78. The summed E-state index contributed by atoms with van der Waals surface area (Å²) >= 11 is 0. The highest BCUT2D eigenvalue weighted by atomic mass is 16.3. The van der Waals surface area contributed by atoms with Crippen LogP contribution in [0, 0.1) is 6.92 Å². The van der Waals surface area contributed by atoms with Gasteiger partial charge in [0.05, 0.1) is 16.6 Å². The number of anilines is 1. The molecule has 4 rings (SSSR count). The number of hydrazone groups is 1. The molecule has 0 fully saturated rings. The molecule has 0 bridgehead atoms. The minimum absolute atomic E-state index is 0.0893. The van der Waals surface area contributed by atoms with Crippen LogP contribution in [0.5, 0.6) is 5.75 Å². The van der Waals surface area contributed by atoms with E-state index in [1.54, 1.807) is 16.7 Å². The predicted molar refractivity (Wildman–Crippen MR) is 108 cm³/mol. The van der Waals surface area contributed by atoms with Gasteiger partial charge in [-0.1, -0.05) is 18.2 Å². The van der Waals surface area contributed by atoms with Gasteiger partial charge in [0.15, 0.2) is 0 Å². The Morgan fingerprint density at radius 3 is 2.85 bits per heavy atom. The molecular formula is C21H22N4O2. The average molecular weight is 362 g/mol. The van der Waals surface area contributed by atoms with Crippen LogP contribution < -0.4 is 11.0 Å². The minimum Gasteiger partial charge on any atom is -0.507 e. The summed E-state index contributed by atoms with van der Waals surface area (Å²) < 4.78 is 1.58. The summed E-state index contributed by atoms with van der Waals surface area (Å²) in [7, 11) is 0. The number of para-hydroxylation sites is 1. The molecule has 1 aliphatic rings. The molecule has 0 saturated carbocycles. The SMILES string of the molecule is CCn1c(N/N=C2\CCCc3c(C)ccc(O)c32)nc2ccccc2c1=O. The number of benzene rings is 2. The maximum Gasteiger partial charge on any atom is 0.262 e. The summed E-state index contributed by atoms with van der Waals surface area (Å²) in [5, 5.41) is 15.5. The lowest BCUT2D eigenvalue weighted by Crippen LogP contribution is -2.24. The van der Waals surface area contributed by atoms with E-state index in [4.69, 9.17) is 0 Å². The number of hydrogen-bond acceptors (Lipinski definition) is 5. The Hall–Kier alpha value is -3.15. The van der Waals surface area contributed by atoms with Crippen molar-refractivity contribution in [3.05, 3.63) is 63.4 Å². The smallest absolute Gasteiger partial charge is 0.262 e. The molecule has 0 atom stereocenters. The van der Waals surface area contributed by atoms with Crippen molar-refractivity contribution in [2.45, 2.75) is 39.7 Å². The first-order valence-electron chi connectivity index (χ1n) is 9.24. The van der Waals surface area contributed by atoms with Gasteiger partial charge in [0, 0.05) is 12.1 Å². The summed E-state index contributed by atoms with van der Waals surface area (Å²) in [5.74, 6) is 0.656. The van der Waals surface area contributed by atoms with Crippen LogP contribution in [0.3, 0.4) is 0 Å². The van der Waals surface area contributed by atoms with E-state index < -0.39 is 0 Å². The lowest BCUT2D eigenvalue weighted by Gasteiger charge is -2.21. The van der Waals surface area contributed by atoms with Crippen LogP contribution in [-0.2, 0) is 13.0 Å². The number of aromatic nitrogens is 2. The fourth-order valence-electron chi connectivity index (χ4n) is 3.72. The van der Waals surface area contributed by atoms with Gasteiger partial charge in [0.25, 0.3) is 5.56 Å². The van der Waals surface area contributed by atoms with E-state index in [-0.39, 0.29) is 11.3 Å². The summed E-state index contributed by atoms with van der Waals surface area (Å²) in [5.41, 5.74) is 7.43. The molecule has 27 heavy (non-hydrogen) atoms. The van der Waals surface area contributed by atoms with Crippen LogP contribution in [0.25, 0.3) is 10.9 Å². The number of fused-ring (bicyclic) bond motifs is 2. The highest BCUT2D eigenvalue weighted by Gasteiger charge is 2.21. The molecule has 1 aromatic heterocycles. The molecule has 3 aromatic rings. The largest absolute Gasteiger partial charge is 0.507 e. The fraction of sp³-hybridized carbons (Fsp3) is 0.286. The Morgan fingerprint density at radius 1 is 1.22 bits per heavy atom. The summed E-state index contributed by atoms with van der Waals surface area (Å²) in [4.78, 5) is 17.3. The zero-order valence-electron chi connectivity index (χ0n) is 15.5. The molecule has 0 spiro atoms. The normalized spacial score (nSPS) is 15.1. The molecule has 0 radical (unpaired) electrons. The lowest BCUT2D eigenvalue weighted by atomic mass is 9.86. The maximum atomic E-state index is 12.7. The third-order valence-corrected chi connectivity index (χ3v) is 5.12. The van der Waals surface area contributed by atoms with Crippen molar-refractivity contribution in [2.75, 3.05) is 5.43 Å². The van der Waals surface area contributed by atoms with E-state index in [0.717, 1.165) is 41.7 Å². The molecule has 0 aliphatic heterocycles. The Morgan fingerprint density at radius 2 is 2.04 bits per heavy atom. The topological polar surface area (TPSA) is 79.5 Å². The van der Waals surface area contributed by atoms with Crippen molar-refractivity contribution in [1.29, 1.82) is 0 Å². The van der Waals surface area contributed by atoms with Crippen LogP contribution in [0.15, 0.2) is 46.3 Å². The molecular weight excluding hydrogens is 340 g/mol. The molecule has 0 saturated heterocycles. The summed E-state index contributed by atoms with van der Waals surface area (Å²) in [6, 6.07) is 10.9. The van der Waals surface area contributed by atoms with Crippen molar-refractivity contribution in [1.82, 2.24) is 9.55 Å². The number of nitrogens with zero attached hydrogens (tertiary/aromatic N) is 3. The van der Waals surface area contributed by atoms with Crippen molar-refractivity contribution in [3.63, 3.8) is 0 Å². The van der Waals surface area contributed by atoms with Gasteiger partial charge in [0.2, 0.25) is 5.95 Å². The van der Waals surface area contributed by atoms with Crippen molar-refractivity contribution < 1.29 is 5.11 Å². The van der Waals surface area contributed by atoms with E-state index in [9.17, 15) is 9.90 Å². The number of phenols is 1. The molecule has 1 aliphatic carbocycles. The maximum absolute atomic E-state index is 12.7. The van der Waals surface area contributed by atoms with E-state index in [2.05, 4.69) is 15.5 Å². The molecule has 2 aromatic carbocycles. The molecule has 1 heterocycles. The molecule has 0 amide bonds. The van der Waals surface area contributed by atoms with Gasteiger partial charge in [-0.05, 0) is 62.4 Å². The first-order chi connectivity index (χ1) is 13.1. The molecule has 6 nitrogen and oxygen atoms in total. The predicted octanol–water partition coefficient (Wildman–Crippen LogP) is 3.58. The van der Waals surface area contributed by atoms with Gasteiger partial charge in [-0.15, -0.1) is 0 Å². The van der Waals surface area contributed by atoms with Gasteiger partial charge in [0.1, 0.15) is 5.75 Å². The third-order valence-electron chi connectivity index (χ3n) is 5.12. The number of rotatable bonds is 3. The lowest BCUT2D eigenvalue weighted by molar-refractivity contribution is 0.472. The molecule has 2 N–H and O–H groups in total. The highest BCUT2D eigenvalue weighted by molar-refractivity contribution is 6.05. The quantitative estimate of drug-likeness (QED) is 0.698. The second-order valence-corrected chi connectivity index (χ2v) is 6.78. The summed E-state index contributed by atoms with van der Waals surface area (Å²) in [6.07, 6.45) is 2.67. The number of nitrogens with one attached hydrogen (secondary N) is 1. The zero-order valence-corrected chi connectivity index (χ0v) is 15.5. The Kier molecular flexibility index (Phi) is 4.39. The first-order valence-corrected chi connectivity index (χ1v) is 9.24. The van der Waals surface area contributed by atoms with Gasteiger partial charge in [-0.25, -0.2) is 10.4 Å². The Bertz CT molecular complexity index is 1120. The highest BCUT2D eigenvalue weighted by Crippen LogP contribution is 2.31. The number of aryl methyl sites for hydroxylation is 1. The van der Waals surface area contributed by atoms with Gasteiger partial charge < -0.3 is 5.11 Å². The fourth-order valence-corrected chi connectivity index (χ4v) is 3.72. The first kappa shape index (κ1) is 17.3. The van der Waals surface area contributed by atoms with E-state index in [1.807, 2.05) is 38.1 Å². The van der Waals surface area contributed by atoms with E-state index in [1.165, 1.54) is 0 Å². The number of aromatic hydroxyl groups is 1. The Labute approximate surface area is 157 Å². The van der Waals surface area contributed by atoms with Crippen molar-refractivity contribution in [3.8, 4) is 5.75 Å². The zero-order chi connectivity index (χ0) is 19.0. The van der Waals surface area contributed by atoms with Crippen molar-refractivity contribution in [2.24, 2.45) is 5.10 Å². The minimum atomic E-state index is -0.0893. The standard InChI is InChI=1S/C21H22N4O2/c1-3-25-20(27)15-7-4-5-9-16(15)22-21(25)24-23-17-10-6-8-14-13(2)11-12-18(26)19(14)17/h4-5,7,9,11-12,26H,3,6,8,10H2,1-2H3,(H,22,24)/b23-17+. The van der Waals surface area contributed by atoms with Crippen molar-refractivity contribution >= 4 is 22.6 Å². The van der Waals surface area contributed by atoms with Crippen LogP contribution in [0.4, 0.5) is 5.95 Å². The van der Waals surface area contributed by atoms with Crippen LogP contribution >= 0.6 is 0 Å². The average Bonchev–Trinajstić information content (AvgIpc) is 2.69.